The zero-order valence-corrected chi connectivity index (χ0v) is 10.8. The minimum atomic E-state index is 0.0328. The number of carbonyl (C=O) groups is 1. The van der Waals surface area contributed by atoms with Crippen molar-refractivity contribution in [2.75, 3.05) is 13.1 Å². The maximum absolute atomic E-state index is 11.9. The van der Waals surface area contributed by atoms with Crippen molar-refractivity contribution in [3.63, 3.8) is 0 Å². The summed E-state index contributed by atoms with van der Waals surface area (Å²) in [7, 11) is 0. The Morgan fingerprint density at radius 3 is 2.84 bits per heavy atom. The predicted octanol–water partition coefficient (Wildman–Crippen LogP) is 2.54. The SMILES string of the molecule is O=C(NCc1cccc2cccnc12)N1CCCC1. The molecule has 1 saturated heterocycles. The summed E-state index contributed by atoms with van der Waals surface area (Å²) in [6.45, 7) is 2.28. The summed E-state index contributed by atoms with van der Waals surface area (Å²) in [5, 5.41) is 4.09. The van der Waals surface area contributed by atoms with E-state index in [1.54, 1.807) is 6.20 Å². The third-order valence-electron chi connectivity index (χ3n) is 3.54. The Labute approximate surface area is 112 Å². The largest absolute Gasteiger partial charge is 0.334 e. The molecule has 0 atom stereocenters. The number of urea groups is 1. The van der Waals surface area contributed by atoms with Crippen LogP contribution in [0.1, 0.15) is 18.4 Å². The van der Waals surface area contributed by atoms with Gasteiger partial charge in [-0.3, -0.25) is 4.98 Å². The van der Waals surface area contributed by atoms with Crippen LogP contribution >= 0.6 is 0 Å². The number of likely N-dealkylation sites (tertiary alicyclic amines) is 1. The van der Waals surface area contributed by atoms with E-state index in [9.17, 15) is 4.79 Å². The van der Waals surface area contributed by atoms with Crippen LogP contribution in [-0.4, -0.2) is 29.0 Å². The van der Waals surface area contributed by atoms with Crippen LogP contribution in [0.4, 0.5) is 4.79 Å². The number of nitrogens with zero attached hydrogens (tertiary/aromatic N) is 2. The van der Waals surface area contributed by atoms with Crippen molar-refractivity contribution >= 4 is 16.9 Å². The lowest BCUT2D eigenvalue weighted by Crippen LogP contribution is -2.37. The molecule has 3 rings (SSSR count). The minimum Gasteiger partial charge on any atom is -0.334 e. The van der Waals surface area contributed by atoms with E-state index in [0.29, 0.717) is 6.54 Å². The maximum Gasteiger partial charge on any atom is 0.317 e. The number of benzene rings is 1. The van der Waals surface area contributed by atoms with Gasteiger partial charge in [0.1, 0.15) is 0 Å². The Morgan fingerprint density at radius 1 is 1.21 bits per heavy atom. The molecule has 1 fully saturated rings. The van der Waals surface area contributed by atoms with E-state index in [4.69, 9.17) is 0 Å². The quantitative estimate of drug-likeness (QED) is 0.896. The summed E-state index contributed by atoms with van der Waals surface area (Å²) in [6.07, 6.45) is 4.01. The first kappa shape index (κ1) is 12.0. The number of carbonyl (C=O) groups excluding carboxylic acids is 1. The van der Waals surface area contributed by atoms with Crippen LogP contribution in [0.15, 0.2) is 36.5 Å². The maximum atomic E-state index is 11.9. The molecular formula is C15H17N3O. The van der Waals surface area contributed by atoms with E-state index >= 15 is 0 Å². The summed E-state index contributed by atoms with van der Waals surface area (Å²) >= 11 is 0. The van der Waals surface area contributed by atoms with Crippen molar-refractivity contribution in [1.29, 1.82) is 0 Å². The fraction of sp³-hybridized carbons (Fsp3) is 0.333. The van der Waals surface area contributed by atoms with Gasteiger partial charge in [-0.2, -0.15) is 0 Å². The average molecular weight is 255 g/mol. The molecule has 0 unspecified atom stereocenters. The van der Waals surface area contributed by atoms with Gasteiger partial charge in [0.2, 0.25) is 0 Å². The lowest BCUT2D eigenvalue weighted by atomic mass is 10.1. The number of nitrogens with one attached hydrogen (secondary N) is 1. The third-order valence-corrected chi connectivity index (χ3v) is 3.54. The number of hydrogen-bond donors (Lipinski definition) is 1. The van der Waals surface area contributed by atoms with Crippen LogP contribution in [0.5, 0.6) is 0 Å². The lowest BCUT2D eigenvalue weighted by Gasteiger charge is -2.16. The Hall–Kier alpha value is -2.10. The predicted molar refractivity (Wildman–Crippen MR) is 74.8 cm³/mol. The number of aromatic nitrogens is 1. The molecule has 0 radical (unpaired) electrons. The van der Waals surface area contributed by atoms with E-state index < -0.39 is 0 Å². The Morgan fingerprint density at radius 2 is 2.00 bits per heavy atom. The van der Waals surface area contributed by atoms with Crippen molar-refractivity contribution in [2.45, 2.75) is 19.4 Å². The van der Waals surface area contributed by atoms with Crippen molar-refractivity contribution in [1.82, 2.24) is 15.2 Å². The van der Waals surface area contributed by atoms with Gasteiger partial charge in [-0.15, -0.1) is 0 Å². The van der Waals surface area contributed by atoms with Crippen LogP contribution in [0.3, 0.4) is 0 Å². The number of pyridine rings is 1. The first-order valence-electron chi connectivity index (χ1n) is 6.70. The van der Waals surface area contributed by atoms with Gasteiger partial charge in [-0.1, -0.05) is 24.3 Å². The summed E-state index contributed by atoms with van der Waals surface area (Å²) in [5.74, 6) is 0. The lowest BCUT2D eigenvalue weighted by molar-refractivity contribution is 0.208. The van der Waals surface area contributed by atoms with E-state index in [0.717, 1.165) is 42.4 Å². The second-order valence-corrected chi connectivity index (χ2v) is 4.85. The van der Waals surface area contributed by atoms with Crippen molar-refractivity contribution in [2.24, 2.45) is 0 Å². The van der Waals surface area contributed by atoms with Crippen LogP contribution in [0, 0.1) is 0 Å². The van der Waals surface area contributed by atoms with Crippen LogP contribution in [0.2, 0.25) is 0 Å². The fourth-order valence-electron chi connectivity index (χ4n) is 2.51. The second kappa shape index (κ2) is 5.26. The molecular weight excluding hydrogens is 238 g/mol. The third kappa shape index (κ3) is 2.52. The molecule has 1 N–H and O–H groups in total. The molecule has 4 heteroatoms. The van der Waals surface area contributed by atoms with Gasteiger partial charge in [-0.25, -0.2) is 4.79 Å². The molecule has 98 valence electrons. The number of fused-ring (bicyclic) bond motifs is 1. The average Bonchev–Trinajstić information content (AvgIpc) is 2.99. The van der Waals surface area contributed by atoms with Crippen molar-refractivity contribution < 1.29 is 4.79 Å². The molecule has 1 aliphatic rings. The molecule has 4 nitrogen and oxygen atoms in total. The molecule has 2 aromatic rings. The van der Waals surface area contributed by atoms with E-state index in [2.05, 4.69) is 10.3 Å². The van der Waals surface area contributed by atoms with Crippen LogP contribution < -0.4 is 5.32 Å². The van der Waals surface area contributed by atoms with Gasteiger partial charge in [-0.05, 0) is 24.5 Å². The zero-order chi connectivity index (χ0) is 13.1. The Balaban J connectivity index is 1.73. The standard InChI is InChI=1S/C15H17N3O/c19-15(18-9-1-2-10-18)17-11-13-6-3-5-12-7-4-8-16-14(12)13/h3-8H,1-2,9-11H2,(H,17,19). The minimum absolute atomic E-state index is 0.0328. The molecule has 0 saturated carbocycles. The van der Waals surface area contributed by atoms with Crippen LogP contribution in [-0.2, 0) is 6.54 Å². The first-order chi connectivity index (χ1) is 9.34. The van der Waals surface area contributed by atoms with E-state index in [1.807, 2.05) is 35.2 Å². The highest BCUT2D eigenvalue weighted by atomic mass is 16.2. The van der Waals surface area contributed by atoms with Crippen molar-refractivity contribution in [3.8, 4) is 0 Å². The summed E-state index contributed by atoms with van der Waals surface area (Å²) < 4.78 is 0. The van der Waals surface area contributed by atoms with E-state index in [1.165, 1.54) is 0 Å². The van der Waals surface area contributed by atoms with Gasteiger partial charge in [0, 0.05) is 31.2 Å². The van der Waals surface area contributed by atoms with E-state index in [-0.39, 0.29) is 6.03 Å². The monoisotopic (exact) mass is 255 g/mol. The molecule has 2 amide bonds. The smallest absolute Gasteiger partial charge is 0.317 e. The molecule has 1 aliphatic heterocycles. The molecule has 1 aromatic heterocycles. The molecule has 2 heterocycles. The topological polar surface area (TPSA) is 45.2 Å². The zero-order valence-electron chi connectivity index (χ0n) is 10.8. The number of hydrogen-bond acceptors (Lipinski definition) is 2. The second-order valence-electron chi connectivity index (χ2n) is 4.85. The Kier molecular flexibility index (Phi) is 3.31. The molecule has 19 heavy (non-hydrogen) atoms. The summed E-state index contributed by atoms with van der Waals surface area (Å²) in [6, 6.07) is 10.0. The van der Waals surface area contributed by atoms with Crippen molar-refractivity contribution in [3.05, 3.63) is 42.1 Å². The fourth-order valence-corrected chi connectivity index (χ4v) is 2.51. The molecule has 0 spiro atoms. The van der Waals surface area contributed by atoms with Gasteiger partial charge in [0.05, 0.1) is 5.52 Å². The van der Waals surface area contributed by atoms with Gasteiger partial charge >= 0.3 is 6.03 Å². The van der Waals surface area contributed by atoms with Gasteiger partial charge < -0.3 is 10.2 Å². The normalized spacial score (nSPS) is 14.8. The molecule has 0 aliphatic carbocycles. The summed E-state index contributed by atoms with van der Waals surface area (Å²) in [4.78, 5) is 18.2. The van der Waals surface area contributed by atoms with Gasteiger partial charge in [0.25, 0.3) is 0 Å². The van der Waals surface area contributed by atoms with Gasteiger partial charge in [0.15, 0.2) is 0 Å². The molecule has 1 aromatic carbocycles. The molecule has 0 bridgehead atoms. The summed E-state index contributed by atoms with van der Waals surface area (Å²) in [5.41, 5.74) is 2.03. The number of para-hydroxylation sites is 1. The highest BCUT2D eigenvalue weighted by Gasteiger charge is 2.17. The number of amides is 2. The number of rotatable bonds is 2. The van der Waals surface area contributed by atoms with Crippen LogP contribution in [0.25, 0.3) is 10.9 Å². The highest BCUT2D eigenvalue weighted by Crippen LogP contribution is 2.16. The Bertz CT molecular complexity index is 585. The first-order valence-corrected chi connectivity index (χ1v) is 6.70. The highest BCUT2D eigenvalue weighted by molar-refractivity contribution is 5.82.